The number of benzene rings is 7. The normalized spacial score (nSPS) is 11.6. The summed E-state index contributed by atoms with van der Waals surface area (Å²) in [6.07, 6.45) is 6.82. The van der Waals surface area contributed by atoms with Crippen LogP contribution >= 0.6 is 0 Å². The first-order valence-electron chi connectivity index (χ1n) is 16.2. The summed E-state index contributed by atoms with van der Waals surface area (Å²) in [5, 5.41) is 32.0. The second-order valence-corrected chi connectivity index (χ2v) is 12.0. The number of unbranched alkanes of at least 4 members (excludes halogenated alkanes) is 5. The Labute approximate surface area is 264 Å². The highest BCUT2D eigenvalue weighted by Gasteiger charge is 2.27. The largest absolute Gasteiger partial charge is 0.507 e. The number of aromatic hydroxyl groups is 2. The lowest BCUT2D eigenvalue weighted by Crippen LogP contribution is -2.03. The summed E-state index contributed by atoms with van der Waals surface area (Å²) >= 11 is 0. The summed E-state index contributed by atoms with van der Waals surface area (Å²) in [6.45, 7) is 2.72. The van der Waals surface area contributed by atoms with Crippen molar-refractivity contribution in [2.75, 3.05) is 6.61 Å². The van der Waals surface area contributed by atoms with Gasteiger partial charge in [0.15, 0.2) is 0 Å². The van der Waals surface area contributed by atoms with Gasteiger partial charge in [-0.1, -0.05) is 136 Å². The fourth-order valence-electron chi connectivity index (χ4n) is 6.88. The zero-order valence-corrected chi connectivity index (χ0v) is 25.7. The van der Waals surface area contributed by atoms with Crippen LogP contribution in [0.4, 0.5) is 0 Å². The van der Waals surface area contributed by atoms with E-state index in [1.807, 2.05) is 48.5 Å². The van der Waals surface area contributed by atoms with Crippen LogP contribution in [0.3, 0.4) is 0 Å². The average Bonchev–Trinajstić information content (AvgIpc) is 3.06. The van der Waals surface area contributed by atoms with Gasteiger partial charge in [-0.05, 0) is 61.6 Å². The summed E-state index contributed by atoms with van der Waals surface area (Å²) in [4.78, 5) is 0. The van der Waals surface area contributed by atoms with Gasteiger partial charge in [0, 0.05) is 17.2 Å². The van der Waals surface area contributed by atoms with E-state index in [2.05, 4.69) is 67.6 Å². The number of ether oxygens (including phenoxy) is 1. The zero-order chi connectivity index (χ0) is 30.8. The summed E-state index contributed by atoms with van der Waals surface area (Å²) in [5.74, 6) is 0.518. The Hall–Kier alpha value is -5.02. The van der Waals surface area contributed by atoms with E-state index >= 15 is 0 Å². The molecule has 0 saturated carbocycles. The topological polar surface area (TPSA) is 49.7 Å². The minimum absolute atomic E-state index is 0.000226. The third-order valence-corrected chi connectivity index (χ3v) is 9.03. The number of hydrogen-bond donors (Lipinski definition) is 2. The molecule has 0 radical (unpaired) electrons. The molecule has 0 aromatic heterocycles. The Morgan fingerprint density at radius 2 is 0.822 bits per heavy atom. The summed E-state index contributed by atoms with van der Waals surface area (Å²) in [5.41, 5.74) is 3.03. The highest BCUT2D eigenvalue weighted by molar-refractivity contribution is 6.18. The van der Waals surface area contributed by atoms with Crippen molar-refractivity contribution in [3.63, 3.8) is 0 Å². The third-order valence-electron chi connectivity index (χ3n) is 9.03. The Balaban J connectivity index is 1.54. The number of phenols is 2. The Bertz CT molecular complexity index is 1910. The summed E-state index contributed by atoms with van der Waals surface area (Å²) < 4.78 is 6.82. The van der Waals surface area contributed by atoms with E-state index in [-0.39, 0.29) is 11.5 Å². The molecule has 0 spiro atoms. The van der Waals surface area contributed by atoms with Crippen LogP contribution in [0.1, 0.15) is 45.4 Å². The number of rotatable bonds is 10. The molecule has 0 atom stereocenters. The first kappa shape index (κ1) is 28.7. The average molecular weight is 591 g/mol. The molecule has 0 bridgehead atoms. The van der Waals surface area contributed by atoms with E-state index in [0.29, 0.717) is 23.5 Å². The van der Waals surface area contributed by atoms with Crippen molar-refractivity contribution in [3.05, 3.63) is 115 Å². The molecule has 0 aliphatic rings. The summed E-state index contributed by atoms with van der Waals surface area (Å²) in [6, 6.07) is 39.1. The fourth-order valence-corrected chi connectivity index (χ4v) is 6.88. The lowest BCUT2D eigenvalue weighted by Gasteiger charge is -2.23. The first-order valence-corrected chi connectivity index (χ1v) is 16.2. The van der Waals surface area contributed by atoms with E-state index in [0.717, 1.165) is 67.1 Å². The van der Waals surface area contributed by atoms with Crippen molar-refractivity contribution in [1.82, 2.24) is 0 Å². The quantitative estimate of drug-likeness (QED) is 0.123. The molecule has 0 saturated heterocycles. The minimum atomic E-state index is 0.000226. The van der Waals surface area contributed by atoms with Gasteiger partial charge in [-0.2, -0.15) is 0 Å². The maximum Gasteiger partial charge on any atom is 0.142 e. The molecule has 0 aliphatic carbocycles. The van der Waals surface area contributed by atoms with E-state index in [9.17, 15) is 10.2 Å². The van der Waals surface area contributed by atoms with E-state index in [4.69, 9.17) is 4.74 Å². The molecule has 2 N–H and O–H groups in total. The molecular formula is C42H38O3. The lowest BCUT2D eigenvalue weighted by molar-refractivity contribution is 0.304. The molecule has 224 valence electrons. The maximum atomic E-state index is 11.8. The molecule has 0 heterocycles. The van der Waals surface area contributed by atoms with E-state index in [1.165, 1.54) is 31.7 Å². The van der Waals surface area contributed by atoms with Gasteiger partial charge in [0.05, 0.1) is 17.7 Å². The molecule has 45 heavy (non-hydrogen) atoms. The van der Waals surface area contributed by atoms with Crippen LogP contribution in [-0.2, 0) is 0 Å². The minimum Gasteiger partial charge on any atom is -0.507 e. The van der Waals surface area contributed by atoms with E-state index in [1.54, 1.807) is 0 Å². The van der Waals surface area contributed by atoms with Crippen molar-refractivity contribution in [3.8, 4) is 39.5 Å². The second kappa shape index (κ2) is 12.5. The predicted octanol–water partition coefficient (Wildman–Crippen LogP) is 11.8. The van der Waals surface area contributed by atoms with Crippen LogP contribution in [0.5, 0.6) is 17.2 Å². The molecule has 7 aromatic rings. The predicted molar refractivity (Wildman–Crippen MR) is 190 cm³/mol. The molecule has 0 unspecified atom stereocenters. The first-order chi connectivity index (χ1) is 22.2. The van der Waals surface area contributed by atoms with Crippen LogP contribution in [0.25, 0.3) is 65.3 Å². The van der Waals surface area contributed by atoms with Gasteiger partial charge in [0.2, 0.25) is 0 Å². The smallest absolute Gasteiger partial charge is 0.142 e. The van der Waals surface area contributed by atoms with Gasteiger partial charge >= 0.3 is 0 Å². The van der Waals surface area contributed by atoms with Crippen LogP contribution in [0, 0.1) is 0 Å². The third kappa shape index (κ3) is 5.33. The number of hydrogen-bond acceptors (Lipinski definition) is 3. The molecule has 7 aromatic carbocycles. The Kier molecular flexibility index (Phi) is 8.00. The van der Waals surface area contributed by atoms with Gasteiger partial charge in [0.1, 0.15) is 17.2 Å². The molecular weight excluding hydrogens is 552 g/mol. The van der Waals surface area contributed by atoms with Crippen molar-refractivity contribution in [2.45, 2.75) is 45.4 Å². The lowest BCUT2D eigenvalue weighted by atomic mass is 9.86. The number of fused-ring (bicyclic) bond motifs is 4. The standard InChI is InChI=1S/C42H38O3/c1-2-3-4-5-6-15-24-45-42-40(38-32-20-11-7-16-28(32)25-29-17-8-12-21-33(29)38)36(43)27-37(44)41(42)39-34-22-13-9-18-30(34)26-31-19-10-14-23-35(31)39/h7-14,16-23,25-27,43-44H,2-6,15,24H2,1H3. The molecule has 0 amide bonds. The maximum absolute atomic E-state index is 11.8. The Morgan fingerprint density at radius 1 is 0.444 bits per heavy atom. The molecule has 0 aliphatic heterocycles. The van der Waals surface area contributed by atoms with Crippen molar-refractivity contribution in [2.24, 2.45) is 0 Å². The zero-order valence-electron chi connectivity index (χ0n) is 25.7. The molecule has 7 rings (SSSR count). The van der Waals surface area contributed by atoms with Gasteiger partial charge in [-0.15, -0.1) is 0 Å². The highest BCUT2D eigenvalue weighted by Crippen LogP contribution is 2.54. The van der Waals surface area contributed by atoms with E-state index < -0.39 is 0 Å². The van der Waals surface area contributed by atoms with Gasteiger partial charge in [-0.3, -0.25) is 0 Å². The monoisotopic (exact) mass is 590 g/mol. The van der Waals surface area contributed by atoms with Crippen molar-refractivity contribution in [1.29, 1.82) is 0 Å². The van der Waals surface area contributed by atoms with Crippen LogP contribution in [-0.4, -0.2) is 16.8 Å². The molecule has 3 nitrogen and oxygen atoms in total. The number of phenolic OH excluding ortho intramolecular Hbond substituents is 2. The van der Waals surface area contributed by atoms with Gasteiger partial charge in [0.25, 0.3) is 0 Å². The van der Waals surface area contributed by atoms with Crippen molar-refractivity contribution >= 4 is 43.1 Å². The van der Waals surface area contributed by atoms with Crippen LogP contribution < -0.4 is 4.74 Å². The van der Waals surface area contributed by atoms with Gasteiger partial charge < -0.3 is 14.9 Å². The van der Waals surface area contributed by atoms with Gasteiger partial charge in [-0.25, -0.2) is 0 Å². The second-order valence-electron chi connectivity index (χ2n) is 12.0. The van der Waals surface area contributed by atoms with Crippen molar-refractivity contribution < 1.29 is 14.9 Å². The van der Waals surface area contributed by atoms with Crippen LogP contribution in [0.15, 0.2) is 115 Å². The fraction of sp³-hybridized carbons (Fsp3) is 0.190. The Morgan fingerprint density at radius 3 is 1.24 bits per heavy atom. The summed E-state index contributed by atoms with van der Waals surface area (Å²) in [7, 11) is 0. The SMILES string of the molecule is CCCCCCCCOc1c(-c2c3ccccc3cc3ccccc23)c(O)cc(O)c1-c1c2ccccc2cc2ccccc12. The molecule has 3 heteroatoms. The highest BCUT2D eigenvalue weighted by atomic mass is 16.5. The van der Waals surface area contributed by atoms with Crippen LogP contribution in [0.2, 0.25) is 0 Å². The molecule has 0 fully saturated rings.